The first-order valence-electron chi connectivity index (χ1n) is 3.92. The number of rotatable bonds is 3. The first-order valence-corrected chi connectivity index (χ1v) is 5.81. The summed E-state index contributed by atoms with van der Waals surface area (Å²) in [5.41, 5.74) is 6.35. The molecule has 0 saturated carbocycles. The van der Waals surface area contributed by atoms with Gasteiger partial charge in [0.05, 0.1) is 11.9 Å². The molecule has 78 valence electrons. The molecule has 6 heteroatoms. The van der Waals surface area contributed by atoms with Crippen LogP contribution in [-0.4, -0.2) is 19.8 Å². The fraction of sp³-hybridized carbons (Fsp3) is 0.250. The fourth-order valence-electron chi connectivity index (χ4n) is 1.04. The van der Waals surface area contributed by atoms with Crippen LogP contribution in [0.4, 0.5) is 5.69 Å². The van der Waals surface area contributed by atoms with Gasteiger partial charge in [-0.2, -0.15) is 0 Å². The second-order valence-corrected chi connectivity index (χ2v) is 4.67. The van der Waals surface area contributed by atoms with Gasteiger partial charge in [-0.05, 0) is 11.6 Å². The number of phenols is 1. The Morgan fingerprint density at radius 3 is 2.64 bits per heavy atom. The number of nitrogens with one attached hydrogen (secondary N) is 1. The number of nitrogens with two attached hydrogens (primary N) is 1. The zero-order valence-corrected chi connectivity index (χ0v) is 8.50. The Kier molecular flexibility index (Phi) is 2.97. The third-order valence-electron chi connectivity index (χ3n) is 1.61. The molecule has 1 aromatic rings. The molecule has 0 bridgehead atoms. The Morgan fingerprint density at radius 1 is 1.50 bits per heavy atom. The Morgan fingerprint density at radius 2 is 2.14 bits per heavy atom. The van der Waals surface area contributed by atoms with E-state index in [4.69, 9.17) is 10.8 Å². The molecule has 0 heterocycles. The largest absolute Gasteiger partial charge is 0.508 e. The molecule has 0 aliphatic rings. The lowest BCUT2D eigenvalue weighted by atomic mass is 10.2. The molecular weight excluding hydrogens is 204 g/mol. The average molecular weight is 216 g/mol. The van der Waals surface area contributed by atoms with E-state index in [1.807, 2.05) is 0 Å². The highest BCUT2D eigenvalue weighted by atomic mass is 32.2. The number of phenolic OH excluding ortho intramolecular Hbond substituents is 1. The Hall–Kier alpha value is -1.27. The van der Waals surface area contributed by atoms with Gasteiger partial charge in [-0.15, -0.1) is 0 Å². The lowest BCUT2D eigenvalue weighted by Crippen LogP contribution is -2.12. The van der Waals surface area contributed by atoms with Crippen LogP contribution in [0.3, 0.4) is 0 Å². The van der Waals surface area contributed by atoms with E-state index in [9.17, 15) is 8.42 Å². The number of hydrogen-bond donors (Lipinski definition) is 3. The maximum Gasteiger partial charge on any atom is 0.229 e. The zero-order chi connectivity index (χ0) is 10.8. The van der Waals surface area contributed by atoms with Crippen molar-refractivity contribution in [2.24, 2.45) is 5.73 Å². The third kappa shape index (κ3) is 2.90. The summed E-state index contributed by atoms with van der Waals surface area (Å²) in [5.74, 6) is -0.00616. The highest BCUT2D eigenvalue weighted by Crippen LogP contribution is 2.21. The predicted molar refractivity (Wildman–Crippen MR) is 54.5 cm³/mol. The minimum absolute atomic E-state index is 0.00616. The van der Waals surface area contributed by atoms with Crippen LogP contribution in [0.1, 0.15) is 5.56 Å². The van der Waals surface area contributed by atoms with Crippen molar-refractivity contribution >= 4 is 15.7 Å². The maximum absolute atomic E-state index is 10.9. The molecule has 5 nitrogen and oxygen atoms in total. The molecule has 1 rings (SSSR count). The van der Waals surface area contributed by atoms with Crippen molar-refractivity contribution in [3.8, 4) is 5.75 Å². The summed E-state index contributed by atoms with van der Waals surface area (Å²) >= 11 is 0. The van der Waals surface area contributed by atoms with Crippen LogP contribution < -0.4 is 10.5 Å². The van der Waals surface area contributed by atoms with Crippen molar-refractivity contribution in [3.63, 3.8) is 0 Å². The van der Waals surface area contributed by atoms with E-state index >= 15 is 0 Å². The maximum atomic E-state index is 10.9. The van der Waals surface area contributed by atoms with Crippen molar-refractivity contribution in [1.29, 1.82) is 0 Å². The van der Waals surface area contributed by atoms with E-state index in [1.165, 1.54) is 12.1 Å². The highest BCUT2D eigenvalue weighted by molar-refractivity contribution is 7.92. The summed E-state index contributed by atoms with van der Waals surface area (Å²) in [6.07, 6.45) is 1.04. The minimum Gasteiger partial charge on any atom is -0.508 e. The average Bonchev–Trinajstić information content (AvgIpc) is 2.01. The first kappa shape index (κ1) is 10.8. The Labute approximate surface area is 82.6 Å². The van der Waals surface area contributed by atoms with Crippen molar-refractivity contribution in [2.75, 3.05) is 11.0 Å². The Balaban J connectivity index is 3.11. The van der Waals surface area contributed by atoms with E-state index in [0.29, 0.717) is 11.3 Å². The molecule has 0 amide bonds. The van der Waals surface area contributed by atoms with Crippen LogP contribution in [0.2, 0.25) is 0 Å². The van der Waals surface area contributed by atoms with Crippen LogP contribution >= 0.6 is 0 Å². The van der Waals surface area contributed by atoms with Gasteiger partial charge in [0.1, 0.15) is 5.75 Å². The van der Waals surface area contributed by atoms with Crippen LogP contribution in [0.25, 0.3) is 0 Å². The second kappa shape index (κ2) is 3.85. The molecule has 0 aliphatic carbocycles. The summed E-state index contributed by atoms with van der Waals surface area (Å²) in [6, 6.07) is 4.35. The van der Waals surface area contributed by atoms with Crippen molar-refractivity contribution in [3.05, 3.63) is 23.8 Å². The molecule has 0 aliphatic heterocycles. The van der Waals surface area contributed by atoms with Crippen LogP contribution in [-0.2, 0) is 16.6 Å². The standard InChI is InChI=1S/C8H12N2O3S/c1-14(12,13)10-8-4-7(11)3-2-6(8)5-9/h2-4,10-11H,5,9H2,1H3. The van der Waals surface area contributed by atoms with Gasteiger partial charge in [0, 0.05) is 12.6 Å². The summed E-state index contributed by atoms with van der Waals surface area (Å²) in [4.78, 5) is 0. The van der Waals surface area contributed by atoms with Gasteiger partial charge in [0.15, 0.2) is 0 Å². The van der Waals surface area contributed by atoms with Gasteiger partial charge in [-0.1, -0.05) is 6.07 Å². The highest BCUT2D eigenvalue weighted by Gasteiger charge is 2.07. The van der Waals surface area contributed by atoms with Crippen molar-refractivity contribution < 1.29 is 13.5 Å². The normalized spacial score (nSPS) is 11.3. The first-order chi connectivity index (χ1) is 6.42. The zero-order valence-electron chi connectivity index (χ0n) is 7.69. The molecule has 0 saturated heterocycles. The van der Waals surface area contributed by atoms with E-state index in [-0.39, 0.29) is 12.3 Å². The molecule has 14 heavy (non-hydrogen) atoms. The van der Waals surface area contributed by atoms with Gasteiger partial charge in [-0.3, -0.25) is 4.72 Å². The van der Waals surface area contributed by atoms with Crippen molar-refractivity contribution in [1.82, 2.24) is 0 Å². The van der Waals surface area contributed by atoms with Gasteiger partial charge < -0.3 is 10.8 Å². The summed E-state index contributed by atoms with van der Waals surface area (Å²) in [6.45, 7) is 0.206. The monoisotopic (exact) mass is 216 g/mol. The minimum atomic E-state index is -3.34. The molecule has 0 atom stereocenters. The lowest BCUT2D eigenvalue weighted by molar-refractivity contribution is 0.475. The quantitative estimate of drug-likeness (QED) is 0.674. The van der Waals surface area contributed by atoms with Crippen LogP contribution in [0, 0.1) is 0 Å². The summed E-state index contributed by atoms with van der Waals surface area (Å²) in [5, 5.41) is 9.15. The fourth-order valence-corrected chi connectivity index (χ4v) is 1.63. The second-order valence-electron chi connectivity index (χ2n) is 2.92. The smallest absolute Gasteiger partial charge is 0.229 e. The van der Waals surface area contributed by atoms with Crippen LogP contribution in [0.5, 0.6) is 5.75 Å². The molecule has 0 fully saturated rings. The molecule has 0 aromatic heterocycles. The summed E-state index contributed by atoms with van der Waals surface area (Å²) < 4.78 is 24.2. The predicted octanol–water partition coefficient (Wildman–Crippen LogP) is 0.222. The molecule has 0 spiro atoms. The summed E-state index contributed by atoms with van der Waals surface area (Å²) in [7, 11) is -3.34. The number of sulfonamides is 1. The number of aromatic hydroxyl groups is 1. The number of hydrogen-bond acceptors (Lipinski definition) is 4. The SMILES string of the molecule is CS(=O)(=O)Nc1cc(O)ccc1CN. The molecule has 4 N–H and O–H groups in total. The van der Waals surface area contributed by atoms with E-state index in [2.05, 4.69) is 4.72 Å². The van der Waals surface area contributed by atoms with Gasteiger partial charge >= 0.3 is 0 Å². The molecular formula is C8H12N2O3S. The van der Waals surface area contributed by atoms with Gasteiger partial charge in [-0.25, -0.2) is 8.42 Å². The lowest BCUT2D eigenvalue weighted by Gasteiger charge is -2.09. The third-order valence-corrected chi connectivity index (χ3v) is 2.20. The molecule has 0 unspecified atom stereocenters. The van der Waals surface area contributed by atoms with Gasteiger partial charge in [0.2, 0.25) is 10.0 Å². The van der Waals surface area contributed by atoms with Crippen LogP contribution in [0.15, 0.2) is 18.2 Å². The van der Waals surface area contributed by atoms with E-state index in [0.717, 1.165) is 6.26 Å². The van der Waals surface area contributed by atoms with E-state index in [1.54, 1.807) is 6.07 Å². The number of benzene rings is 1. The van der Waals surface area contributed by atoms with E-state index < -0.39 is 10.0 Å². The Bertz CT molecular complexity index is 428. The topological polar surface area (TPSA) is 92.4 Å². The number of anilines is 1. The van der Waals surface area contributed by atoms with Crippen molar-refractivity contribution in [2.45, 2.75) is 6.54 Å². The molecule has 0 radical (unpaired) electrons. The molecule has 1 aromatic carbocycles. The van der Waals surface area contributed by atoms with Gasteiger partial charge in [0.25, 0.3) is 0 Å².